The van der Waals surface area contributed by atoms with Crippen molar-refractivity contribution in [3.63, 3.8) is 0 Å². The molecule has 1 saturated heterocycles. The van der Waals surface area contributed by atoms with Crippen molar-refractivity contribution in [3.8, 4) is 0 Å². The molecule has 2 heterocycles. The Morgan fingerprint density at radius 3 is 2.71 bits per heavy atom. The lowest BCUT2D eigenvalue weighted by atomic mass is 10.0. The predicted molar refractivity (Wildman–Crippen MR) is 112 cm³/mol. The Bertz CT molecular complexity index is 938. The van der Waals surface area contributed by atoms with E-state index in [0.717, 1.165) is 26.1 Å². The highest BCUT2D eigenvalue weighted by Gasteiger charge is 2.36. The molecule has 4 rings (SSSR count). The Morgan fingerprint density at radius 1 is 1.11 bits per heavy atom. The Balaban J connectivity index is 1.50. The molecule has 2 atom stereocenters. The van der Waals surface area contributed by atoms with Gasteiger partial charge in [0.1, 0.15) is 0 Å². The predicted octanol–water partition coefficient (Wildman–Crippen LogP) is 2.71. The zero-order chi connectivity index (χ0) is 19.3. The van der Waals surface area contributed by atoms with Gasteiger partial charge in [0, 0.05) is 45.1 Å². The minimum absolute atomic E-state index is 0.0912. The number of pyridine rings is 1. The van der Waals surface area contributed by atoms with Crippen LogP contribution in [0.1, 0.15) is 17.5 Å². The van der Waals surface area contributed by atoms with Crippen LogP contribution in [0, 0.1) is 0 Å². The largest absolute Gasteiger partial charge is 0.358 e. The Hall–Kier alpha value is -2.76. The first-order chi connectivity index (χ1) is 13.7. The van der Waals surface area contributed by atoms with E-state index in [0.29, 0.717) is 0 Å². The summed E-state index contributed by atoms with van der Waals surface area (Å²) in [5.74, 6) is 0.0912. The number of carbonyl (C=O) groups excluding carboxylic acids is 1. The van der Waals surface area contributed by atoms with Crippen LogP contribution in [0.15, 0.2) is 67.0 Å². The summed E-state index contributed by atoms with van der Waals surface area (Å²) < 4.78 is 0. The van der Waals surface area contributed by atoms with E-state index in [1.54, 1.807) is 7.05 Å². The van der Waals surface area contributed by atoms with Gasteiger partial charge in [0.05, 0.1) is 6.04 Å². The third-order valence-corrected chi connectivity index (χ3v) is 5.55. The fourth-order valence-corrected chi connectivity index (χ4v) is 4.08. The quantitative estimate of drug-likeness (QED) is 0.697. The minimum Gasteiger partial charge on any atom is -0.358 e. The number of aromatic nitrogens is 1. The van der Waals surface area contributed by atoms with Crippen LogP contribution in [0.2, 0.25) is 0 Å². The SMILES string of the molecule is CNC(=O)[C@@H]1C[C@H](NCc2ccncc2)CN1Cc1cccc2ccccc12. The van der Waals surface area contributed by atoms with E-state index >= 15 is 0 Å². The van der Waals surface area contributed by atoms with E-state index in [-0.39, 0.29) is 18.0 Å². The first kappa shape index (κ1) is 18.6. The fourth-order valence-electron chi connectivity index (χ4n) is 4.08. The topological polar surface area (TPSA) is 57.3 Å². The highest BCUT2D eigenvalue weighted by atomic mass is 16.2. The lowest BCUT2D eigenvalue weighted by Crippen LogP contribution is -2.41. The minimum atomic E-state index is -0.112. The van der Waals surface area contributed by atoms with Crippen molar-refractivity contribution >= 4 is 16.7 Å². The number of likely N-dealkylation sites (N-methyl/N-ethyl adjacent to an activating group) is 1. The van der Waals surface area contributed by atoms with Gasteiger partial charge in [-0.15, -0.1) is 0 Å². The third kappa shape index (κ3) is 4.06. The number of nitrogens with zero attached hydrogens (tertiary/aromatic N) is 2. The maximum atomic E-state index is 12.5. The summed E-state index contributed by atoms with van der Waals surface area (Å²) in [6.07, 6.45) is 4.44. The van der Waals surface area contributed by atoms with Gasteiger partial charge in [0.2, 0.25) is 5.91 Å². The van der Waals surface area contributed by atoms with Crippen LogP contribution in [0.5, 0.6) is 0 Å². The molecule has 5 heteroatoms. The average molecular weight is 374 g/mol. The number of nitrogens with one attached hydrogen (secondary N) is 2. The summed E-state index contributed by atoms with van der Waals surface area (Å²) in [6.45, 7) is 2.41. The second-order valence-electron chi connectivity index (χ2n) is 7.37. The number of carbonyl (C=O) groups is 1. The fraction of sp³-hybridized carbons (Fsp3) is 0.304. The van der Waals surface area contributed by atoms with Crippen molar-refractivity contribution in [2.24, 2.45) is 0 Å². The molecule has 1 aliphatic heterocycles. The highest BCUT2D eigenvalue weighted by Crippen LogP contribution is 2.25. The summed E-state index contributed by atoms with van der Waals surface area (Å²) in [5.41, 5.74) is 2.47. The van der Waals surface area contributed by atoms with Gasteiger partial charge in [-0.05, 0) is 40.5 Å². The number of fused-ring (bicyclic) bond motifs is 1. The second-order valence-corrected chi connectivity index (χ2v) is 7.37. The van der Waals surface area contributed by atoms with Crippen LogP contribution in [-0.4, -0.2) is 41.5 Å². The molecule has 0 aliphatic carbocycles. The van der Waals surface area contributed by atoms with Crippen LogP contribution < -0.4 is 10.6 Å². The number of amides is 1. The van der Waals surface area contributed by atoms with Crippen molar-refractivity contribution in [1.29, 1.82) is 0 Å². The lowest BCUT2D eigenvalue weighted by Gasteiger charge is -2.23. The third-order valence-electron chi connectivity index (χ3n) is 5.55. The number of rotatable bonds is 6. The molecule has 1 aliphatic rings. The average Bonchev–Trinajstić information content (AvgIpc) is 3.15. The molecule has 0 radical (unpaired) electrons. The van der Waals surface area contributed by atoms with Gasteiger partial charge < -0.3 is 10.6 Å². The van der Waals surface area contributed by atoms with E-state index in [2.05, 4.69) is 63.0 Å². The highest BCUT2D eigenvalue weighted by molar-refractivity contribution is 5.86. The molecule has 1 amide bonds. The molecule has 144 valence electrons. The normalized spacial score (nSPS) is 19.8. The van der Waals surface area contributed by atoms with Gasteiger partial charge in [0.25, 0.3) is 0 Å². The van der Waals surface area contributed by atoms with Gasteiger partial charge in [-0.1, -0.05) is 42.5 Å². The summed E-state index contributed by atoms with van der Waals surface area (Å²) in [5, 5.41) is 8.94. The van der Waals surface area contributed by atoms with Crippen LogP contribution in [0.4, 0.5) is 0 Å². The Kier molecular flexibility index (Phi) is 5.65. The Labute approximate surface area is 165 Å². The molecule has 0 unspecified atom stereocenters. The monoisotopic (exact) mass is 374 g/mol. The first-order valence-corrected chi connectivity index (χ1v) is 9.79. The van der Waals surface area contributed by atoms with Gasteiger partial charge in [-0.25, -0.2) is 0 Å². The van der Waals surface area contributed by atoms with Crippen LogP contribution in [-0.2, 0) is 17.9 Å². The maximum Gasteiger partial charge on any atom is 0.237 e. The summed E-state index contributed by atoms with van der Waals surface area (Å²) in [6, 6.07) is 19.1. The van der Waals surface area contributed by atoms with Crippen LogP contribution in [0.3, 0.4) is 0 Å². The molecular weight excluding hydrogens is 348 g/mol. The number of benzene rings is 2. The lowest BCUT2D eigenvalue weighted by molar-refractivity contribution is -0.125. The second kappa shape index (κ2) is 8.50. The van der Waals surface area contributed by atoms with Crippen molar-refractivity contribution in [1.82, 2.24) is 20.5 Å². The molecular formula is C23H26N4O. The molecule has 3 aromatic rings. The van der Waals surface area contributed by atoms with E-state index in [9.17, 15) is 4.79 Å². The van der Waals surface area contributed by atoms with Crippen LogP contribution in [0.25, 0.3) is 10.8 Å². The molecule has 28 heavy (non-hydrogen) atoms. The van der Waals surface area contributed by atoms with Gasteiger partial charge >= 0.3 is 0 Å². The number of hydrogen-bond donors (Lipinski definition) is 2. The van der Waals surface area contributed by atoms with Gasteiger partial charge in [0.15, 0.2) is 0 Å². The molecule has 0 saturated carbocycles. The molecule has 5 nitrogen and oxygen atoms in total. The molecule has 2 aromatic carbocycles. The zero-order valence-electron chi connectivity index (χ0n) is 16.1. The molecule has 1 fully saturated rings. The molecule has 2 N–H and O–H groups in total. The number of hydrogen-bond acceptors (Lipinski definition) is 4. The number of likely N-dealkylation sites (tertiary alicyclic amines) is 1. The van der Waals surface area contributed by atoms with E-state index in [1.807, 2.05) is 24.5 Å². The van der Waals surface area contributed by atoms with E-state index < -0.39 is 0 Å². The molecule has 1 aromatic heterocycles. The maximum absolute atomic E-state index is 12.5. The van der Waals surface area contributed by atoms with Crippen molar-refractivity contribution in [2.45, 2.75) is 31.6 Å². The molecule has 0 bridgehead atoms. The Morgan fingerprint density at radius 2 is 1.89 bits per heavy atom. The van der Waals surface area contributed by atoms with E-state index in [1.165, 1.54) is 21.9 Å². The molecule has 0 spiro atoms. The van der Waals surface area contributed by atoms with Crippen LogP contribution >= 0.6 is 0 Å². The summed E-state index contributed by atoms with van der Waals surface area (Å²) in [4.78, 5) is 18.9. The van der Waals surface area contributed by atoms with E-state index in [4.69, 9.17) is 0 Å². The standard InChI is InChI=1S/C23H26N4O/c1-24-23(28)22-13-20(26-14-17-9-11-25-12-10-17)16-27(22)15-19-7-4-6-18-5-2-3-8-21(18)19/h2-12,20,22,26H,13-16H2,1H3,(H,24,28)/t20-,22-/m0/s1. The van der Waals surface area contributed by atoms with Crippen molar-refractivity contribution in [3.05, 3.63) is 78.1 Å². The summed E-state index contributed by atoms with van der Waals surface area (Å²) in [7, 11) is 1.72. The summed E-state index contributed by atoms with van der Waals surface area (Å²) >= 11 is 0. The van der Waals surface area contributed by atoms with Crippen molar-refractivity contribution in [2.75, 3.05) is 13.6 Å². The first-order valence-electron chi connectivity index (χ1n) is 9.79. The van der Waals surface area contributed by atoms with Gasteiger partial charge in [-0.2, -0.15) is 0 Å². The zero-order valence-corrected chi connectivity index (χ0v) is 16.1. The smallest absolute Gasteiger partial charge is 0.237 e. The van der Waals surface area contributed by atoms with Gasteiger partial charge in [-0.3, -0.25) is 14.7 Å². The van der Waals surface area contributed by atoms with Crippen molar-refractivity contribution < 1.29 is 4.79 Å².